The summed E-state index contributed by atoms with van der Waals surface area (Å²) in [4.78, 5) is 0. The Labute approximate surface area is 187 Å². The molecular formula is C22H23Cl2HfN. The normalized spacial score (nSPS) is 9.38. The molecule has 4 aromatic rings. The molecule has 0 N–H and O–H groups in total. The second kappa shape index (κ2) is 10.9. The summed E-state index contributed by atoms with van der Waals surface area (Å²) in [5.41, 5.74) is 6.98. The molecular weight excluding hydrogens is 528 g/mol. The number of hydrogen-bond donors (Lipinski definition) is 0. The Morgan fingerprint density at radius 3 is 2.00 bits per heavy atom. The molecule has 0 atom stereocenters. The zero-order valence-corrected chi connectivity index (χ0v) is 20.7. The first-order valence-corrected chi connectivity index (χ1v) is 8.05. The van der Waals surface area contributed by atoms with Gasteiger partial charge in [0.2, 0.25) is 0 Å². The molecule has 1 aromatic heterocycles. The van der Waals surface area contributed by atoms with Crippen molar-refractivity contribution in [1.29, 1.82) is 0 Å². The zero-order chi connectivity index (χ0) is 16.4. The minimum atomic E-state index is 0. The van der Waals surface area contributed by atoms with Crippen LogP contribution in [-0.2, 0) is 25.8 Å². The van der Waals surface area contributed by atoms with E-state index in [-0.39, 0.29) is 50.7 Å². The number of benzene rings is 1. The number of aryl methyl sites for hydroxylation is 2. The van der Waals surface area contributed by atoms with E-state index in [1.165, 1.54) is 38.7 Å². The van der Waals surface area contributed by atoms with Gasteiger partial charge in [-0.25, -0.2) is 0 Å². The molecule has 0 unspecified atom stereocenters. The summed E-state index contributed by atoms with van der Waals surface area (Å²) in [5, 5.41) is 2.60. The van der Waals surface area contributed by atoms with Crippen LogP contribution in [0, 0.1) is 27.7 Å². The van der Waals surface area contributed by atoms with Gasteiger partial charge in [0, 0.05) is 12.4 Å². The topological polar surface area (TPSA) is 4.93 Å². The molecule has 4 rings (SSSR count). The monoisotopic (exact) mass is 551 g/mol. The average molecular weight is 551 g/mol. The smallest absolute Gasteiger partial charge is 1.00 e. The Morgan fingerprint density at radius 2 is 1.54 bits per heavy atom. The van der Waals surface area contributed by atoms with Gasteiger partial charge in [-0.2, -0.15) is 28.3 Å². The van der Waals surface area contributed by atoms with Crippen molar-refractivity contribution in [3.63, 3.8) is 0 Å². The molecule has 0 saturated heterocycles. The standard InChI is InChI=1S/C13H10N.C9H13.2ClH.Hf/c1-2-6-12-10-13(9-11(12)5-1)14-7-3-4-8-14;1-6-5-7(2)9(4)8(6)3;;;/h1-10H;5H,1-4H3;2*1H;/q2*-1;;;+4/p-2. The van der Waals surface area contributed by atoms with Crippen LogP contribution in [0.15, 0.2) is 67.0 Å². The maximum Gasteiger partial charge on any atom is 4.00 e. The fraction of sp³-hybridized carbons (Fsp3) is 0.182. The Hall–Kier alpha value is -1.09. The van der Waals surface area contributed by atoms with E-state index in [2.05, 4.69) is 87.1 Å². The zero-order valence-electron chi connectivity index (χ0n) is 15.6. The summed E-state index contributed by atoms with van der Waals surface area (Å²) in [5.74, 6) is 0. The molecule has 0 saturated carbocycles. The van der Waals surface area contributed by atoms with Crippen molar-refractivity contribution in [2.75, 3.05) is 0 Å². The number of rotatable bonds is 1. The SMILES string of the molecule is Cc1c[c-](C)c(C)c1C.[Cl-].[Cl-].[Hf+4].c1ccc2[cH-]c(-n3cccc3)cc2c1. The van der Waals surface area contributed by atoms with Gasteiger partial charge in [-0.1, -0.05) is 33.8 Å². The molecule has 4 heteroatoms. The van der Waals surface area contributed by atoms with Crippen molar-refractivity contribution in [2.45, 2.75) is 27.7 Å². The summed E-state index contributed by atoms with van der Waals surface area (Å²) in [7, 11) is 0. The molecule has 0 aliphatic heterocycles. The second-order valence-corrected chi connectivity index (χ2v) is 6.19. The summed E-state index contributed by atoms with van der Waals surface area (Å²) in [6, 6.07) is 19.2. The van der Waals surface area contributed by atoms with E-state index >= 15 is 0 Å². The van der Waals surface area contributed by atoms with Crippen molar-refractivity contribution >= 4 is 10.8 Å². The average Bonchev–Trinajstić information content (AvgIpc) is 3.25. The summed E-state index contributed by atoms with van der Waals surface area (Å²) < 4.78 is 2.12. The molecule has 26 heavy (non-hydrogen) atoms. The fourth-order valence-electron chi connectivity index (χ4n) is 2.92. The van der Waals surface area contributed by atoms with E-state index in [0.717, 1.165) is 0 Å². The Morgan fingerprint density at radius 1 is 0.923 bits per heavy atom. The number of fused-ring (bicyclic) bond motifs is 1. The van der Waals surface area contributed by atoms with Crippen LogP contribution in [0.25, 0.3) is 16.5 Å². The molecule has 134 valence electrons. The third kappa shape index (κ3) is 5.45. The number of halogens is 2. The first-order chi connectivity index (χ1) is 11.1. The van der Waals surface area contributed by atoms with Crippen molar-refractivity contribution in [1.82, 2.24) is 4.57 Å². The maximum atomic E-state index is 2.24. The molecule has 0 amide bonds. The predicted molar refractivity (Wildman–Crippen MR) is 99.9 cm³/mol. The Kier molecular flexibility index (Phi) is 10.5. The fourth-order valence-corrected chi connectivity index (χ4v) is 2.92. The molecule has 1 nitrogen and oxygen atoms in total. The third-order valence-corrected chi connectivity index (χ3v) is 4.68. The van der Waals surface area contributed by atoms with Crippen molar-refractivity contribution in [3.05, 3.63) is 89.2 Å². The minimum Gasteiger partial charge on any atom is -1.00 e. The van der Waals surface area contributed by atoms with Gasteiger partial charge in [-0.15, -0.1) is 41.1 Å². The van der Waals surface area contributed by atoms with Gasteiger partial charge in [-0.05, 0) is 17.8 Å². The Bertz CT molecular complexity index is 862. The van der Waals surface area contributed by atoms with Gasteiger partial charge in [0.25, 0.3) is 0 Å². The summed E-state index contributed by atoms with van der Waals surface area (Å²) in [6.45, 7) is 8.68. The van der Waals surface area contributed by atoms with Crippen LogP contribution in [0.4, 0.5) is 0 Å². The van der Waals surface area contributed by atoms with Crippen LogP contribution in [0.3, 0.4) is 0 Å². The van der Waals surface area contributed by atoms with E-state index in [0.29, 0.717) is 0 Å². The largest absolute Gasteiger partial charge is 4.00 e. The quantitative estimate of drug-likeness (QED) is 0.232. The Balaban J connectivity index is 0.000000466. The maximum absolute atomic E-state index is 2.24. The molecule has 0 radical (unpaired) electrons. The van der Waals surface area contributed by atoms with Crippen LogP contribution in [0.1, 0.15) is 22.3 Å². The van der Waals surface area contributed by atoms with Crippen molar-refractivity contribution in [2.24, 2.45) is 0 Å². The first kappa shape index (κ1) is 24.9. The molecule has 0 aliphatic carbocycles. The number of aromatic nitrogens is 1. The molecule has 0 bridgehead atoms. The van der Waals surface area contributed by atoms with E-state index in [1.807, 2.05) is 12.1 Å². The van der Waals surface area contributed by atoms with E-state index < -0.39 is 0 Å². The summed E-state index contributed by atoms with van der Waals surface area (Å²) >= 11 is 0. The second-order valence-electron chi connectivity index (χ2n) is 6.19. The molecule has 0 aliphatic rings. The number of hydrogen-bond acceptors (Lipinski definition) is 0. The molecule has 0 spiro atoms. The van der Waals surface area contributed by atoms with E-state index in [4.69, 9.17) is 0 Å². The first-order valence-electron chi connectivity index (χ1n) is 8.05. The van der Waals surface area contributed by atoms with Crippen LogP contribution in [0.2, 0.25) is 0 Å². The van der Waals surface area contributed by atoms with Crippen molar-refractivity contribution in [3.8, 4) is 5.69 Å². The van der Waals surface area contributed by atoms with Crippen LogP contribution in [-0.4, -0.2) is 4.57 Å². The predicted octanol–water partition coefficient (Wildman–Crippen LogP) is -0.00592. The van der Waals surface area contributed by atoms with Gasteiger partial charge in [-0.3, -0.25) is 0 Å². The van der Waals surface area contributed by atoms with E-state index in [9.17, 15) is 0 Å². The van der Waals surface area contributed by atoms with E-state index in [1.54, 1.807) is 0 Å². The molecule has 0 fully saturated rings. The van der Waals surface area contributed by atoms with Crippen LogP contribution in [0.5, 0.6) is 0 Å². The molecule has 3 aromatic carbocycles. The number of nitrogens with zero attached hydrogens (tertiary/aromatic N) is 1. The van der Waals surface area contributed by atoms with Gasteiger partial charge < -0.3 is 29.4 Å². The van der Waals surface area contributed by atoms with Gasteiger partial charge in [0.15, 0.2) is 0 Å². The van der Waals surface area contributed by atoms with Crippen molar-refractivity contribution < 1.29 is 50.7 Å². The van der Waals surface area contributed by atoms with Crippen LogP contribution >= 0.6 is 0 Å². The molecule has 1 heterocycles. The minimum absolute atomic E-state index is 0. The van der Waals surface area contributed by atoms with Gasteiger partial charge in [0.05, 0.1) is 0 Å². The van der Waals surface area contributed by atoms with Gasteiger partial charge in [0.1, 0.15) is 0 Å². The summed E-state index contributed by atoms with van der Waals surface area (Å²) in [6.07, 6.45) is 4.13. The van der Waals surface area contributed by atoms with Crippen LogP contribution < -0.4 is 24.8 Å². The third-order valence-electron chi connectivity index (χ3n) is 4.68. The van der Waals surface area contributed by atoms with Gasteiger partial charge >= 0.3 is 25.8 Å².